The van der Waals surface area contributed by atoms with E-state index in [9.17, 15) is 9.59 Å². The molecule has 0 saturated heterocycles. The molecule has 110 valence electrons. The van der Waals surface area contributed by atoms with Crippen molar-refractivity contribution >= 4 is 11.9 Å². The fourth-order valence-corrected chi connectivity index (χ4v) is 1.82. The van der Waals surface area contributed by atoms with Crippen LogP contribution >= 0.6 is 0 Å². The molecule has 1 amide bonds. The summed E-state index contributed by atoms with van der Waals surface area (Å²) in [6.45, 7) is 2.00. The number of rotatable bonds is 5. The average molecular weight is 289 g/mol. The first-order chi connectivity index (χ1) is 10.0. The molecule has 0 aliphatic carbocycles. The Morgan fingerprint density at radius 1 is 1.29 bits per heavy atom. The van der Waals surface area contributed by atoms with E-state index in [4.69, 9.17) is 14.3 Å². The maximum atomic E-state index is 12.0. The molecule has 2 N–H and O–H groups in total. The predicted octanol–water partition coefficient (Wildman–Crippen LogP) is 2.22. The van der Waals surface area contributed by atoms with E-state index >= 15 is 0 Å². The van der Waals surface area contributed by atoms with Gasteiger partial charge in [0.2, 0.25) is 5.76 Å². The maximum Gasteiger partial charge on any atom is 0.371 e. The summed E-state index contributed by atoms with van der Waals surface area (Å²) in [6, 6.07) is 7.99. The molecular weight excluding hydrogens is 274 g/mol. The average Bonchev–Trinajstić information content (AvgIpc) is 2.94. The van der Waals surface area contributed by atoms with Crippen LogP contribution in [0.2, 0.25) is 0 Å². The van der Waals surface area contributed by atoms with E-state index in [-0.39, 0.29) is 18.2 Å². The summed E-state index contributed by atoms with van der Waals surface area (Å²) in [5.41, 5.74) is 1.40. The number of methoxy groups -OCH3 is 1. The number of carboxylic acid groups (broad SMARTS) is 1. The number of benzene rings is 1. The number of carbonyl (C=O) groups excluding carboxylic acids is 1. The summed E-state index contributed by atoms with van der Waals surface area (Å²) in [5, 5.41) is 11.4. The Labute approximate surface area is 121 Å². The number of carboxylic acids is 1. The van der Waals surface area contributed by atoms with Crippen LogP contribution in [0, 0.1) is 6.92 Å². The van der Waals surface area contributed by atoms with Gasteiger partial charge in [-0.25, -0.2) is 4.79 Å². The third kappa shape index (κ3) is 3.42. The molecular formula is C15H15NO5. The first-order valence-electron chi connectivity index (χ1n) is 6.26. The summed E-state index contributed by atoms with van der Waals surface area (Å²) in [6.07, 6.45) is 0. The monoisotopic (exact) mass is 289 g/mol. The number of amides is 1. The Bertz CT molecular complexity index is 674. The molecule has 6 nitrogen and oxygen atoms in total. The molecule has 0 radical (unpaired) electrons. The summed E-state index contributed by atoms with van der Waals surface area (Å²) >= 11 is 0. The molecule has 0 aliphatic rings. The molecule has 0 spiro atoms. The summed E-state index contributed by atoms with van der Waals surface area (Å²) in [4.78, 5) is 22.7. The molecule has 0 bridgehead atoms. The Kier molecular flexibility index (Phi) is 4.27. The highest BCUT2D eigenvalue weighted by atomic mass is 16.5. The quantitative estimate of drug-likeness (QED) is 0.881. The minimum absolute atomic E-state index is 0.113. The van der Waals surface area contributed by atoms with Gasteiger partial charge in [0.1, 0.15) is 11.5 Å². The van der Waals surface area contributed by atoms with Crippen LogP contribution in [0.25, 0.3) is 0 Å². The van der Waals surface area contributed by atoms with Gasteiger partial charge in [0.05, 0.1) is 13.7 Å². The number of hydrogen-bond acceptors (Lipinski definition) is 4. The molecule has 0 aliphatic heterocycles. The van der Waals surface area contributed by atoms with Gasteiger partial charge >= 0.3 is 5.97 Å². The third-order valence-electron chi connectivity index (χ3n) is 2.97. The molecule has 1 aromatic heterocycles. The van der Waals surface area contributed by atoms with Crippen LogP contribution in [0.15, 0.2) is 34.7 Å². The zero-order valence-corrected chi connectivity index (χ0v) is 11.7. The molecule has 1 aromatic carbocycles. The Balaban J connectivity index is 2.02. The van der Waals surface area contributed by atoms with Gasteiger partial charge in [-0.3, -0.25) is 4.79 Å². The van der Waals surface area contributed by atoms with E-state index in [1.54, 1.807) is 25.3 Å². The van der Waals surface area contributed by atoms with Crippen molar-refractivity contribution < 1.29 is 23.8 Å². The van der Waals surface area contributed by atoms with Gasteiger partial charge in [-0.05, 0) is 36.8 Å². The molecule has 0 unspecified atom stereocenters. The van der Waals surface area contributed by atoms with Gasteiger partial charge in [0.25, 0.3) is 5.91 Å². The van der Waals surface area contributed by atoms with Crippen molar-refractivity contribution in [1.29, 1.82) is 0 Å². The van der Waals surface area contributed by atoms with Gasteiger partial charge in [0, 0.05) is 5.56 Å². The lowest BCUT2D eigenvalue weighted by atomic mass is 10.1. The second kappa shape index (κ2) is 6.13. The van der Waals surface area contributed by atoms with Gasteiger partial charge in [-0.15, -0.1) is 0 Å². The van der Waals surface area contributed by atoms with Gasteiger partial charge in [0.15, 0.2) is 0 Å². The standard InChI is InChI=1S/C15H15NO5/c1-9-3-4-10(7-13(9)20-2)14(17)16-8-11-5-6-12(21-11)15(18)19/h3-7H,8H2,1-2H3,(H,16,17)(H,18,19). The van der Waals surface area contributed by atoms with E-state index < -0.39 is 5.97 Å². The van der Waals surface area contributed by atoms with Crippen molar-refractivity contribution in [2.24, 2.45) is 0 Å². The molecule has 6 heteroatoms. The van der Waals surface area contributed by atoms with Crippen LogP contribution < -0.4 is 10.1 Å². The SMILES string of the molecule is COc1cc(C(=O)NCc2ccc(C(=O)O)o2)ccc1C. The molecule has 1 heterocycles. The number of aromatic carboxylic acids is 1. The lowest BCUT2D eigenvalue weighted by Gasteiger charge is -2.08. The van der Waals surface area contributed by atoms with Crippen LogP contribution in [0.4, 0.5) is 0 Å². The Hall–Kier alpha value is -2.76. The number of nitrogens with one attached hydrogen (secondary N) is 1. The number of aryl methyl sites for hydroxylation is 1. The van der Waals surface area contributed by atoms with Crippen LogP contribution in [0.5, 0.6) is 5.75 Å². The van der Waals surface area contributed by atoms with Crippen LogP contribution in [0.3, 0.4) is 0 Å². The fraction of sp³-hybridized carbons (Fsp3) is 0.200. The first kappa shape index (κ1) is 14.6. The molecule has 0 fully saturated rings. The summed E-state index contributed by atoms with van der Waals surface area (Å²) in [7, 11) is 1.54. The zero-order valence-electron chi connectivity index (χ0n) is 11.7. The highest BCUT2D eigenvalue weighted by Crippen LogP contribution is 2.19. The Morgan fingerprint density at radius 2 is 2.05 bits per heavy atom. The first-order valence-corrected chi connectivity index (χ1v) is 6.26. The zero-order chi connectivity index (χ0) is 15.4. The topological polar surface area (TPSA) is 88.8 Å². The lowest BCUT2D eigenvalue weighted by molar-refractivity contribution is 0.0660. The minimum Gasteiger partial charge on any atom is -0.496 e. The Morgan fingerprint density at radius 3 is 2.67 bits per heavy atom. The predicted molar refractivity (Wildman–Crippen MR) is 74.6 cm³/mol. The van der Waals surface area contributed by atoms with Crippen molar-refractivity contribution in [2.45, 2.75) is 13.5 Å². The molecule has 2 aromatic rings. The lowest BCUT2D eigenvalue weighted by Crippen LogP contribution is -2.22. The summed E-state index contributed by atoms with van der Waals surface area (Å²) < 4.78 is 10.2. The van der Waals surface area contributed by atoms with Crippen molar-refractivity contribution in [3.63, 3.8) is 0 Å². The molecule has 0 atom stereocenters. The van der Waals surface area contributed by atoms with E-state index in [0.717, 1.165) is 5.56 Å². The van der Waals surface area contributed by atoms with Gasteiger partial charge in [-0.2, -0.15) is 0 Å². The summed E-state index contributed by atoms with van der Waals surface area (Å²) in [5.74, 6) is -0.581. The second-order valence-corrected chi connectivity index (χ2v) is 4.44. The second-order valence-electron chi connectivity index (χ2n) is 4.44. The number of furan rings is 1. The highest BCUT2D eigenvalue weighted by Gasteiger charge is 2.11. The van der Waals surface area contributed by atoms with Crippen LogP contribution in [-0.2, 0) is 6.54 Å². The van der Waals surface area contributed by atoms with E-state index in [0.29, 0.717) is 17.1 Å². The van der Waals surface area contributed by atoms with E-state index in [1.807, 2.05) is 6.92 Å². The van der Waals surface area contributed by atoms with Crippen LogP contribution in [-0.4, -0.2) is 24.1 Å². The van der Waals surface area contributed by atoms with Crippen LogP contribution in [0.1, 0.15) is 32.2 Å². The van der Waals surface area contributed by atoms with Crippen molar-refractivity contribution in [3.8, 4) is 5.75 Å². The molecule has 2 rings (SSSR count). The minimum atomic E-state index is -1.14. The van der Waals surface area contributed by atoms with Crippen molar-refractivity contribution in [2.75, 3.05) is 7.11 Å². The van der Waals surface area contributed by atoms with Crippen molar-refractivity contribution in [1.82, 2.24) is 5.32 Å². The molecule has 21 heavy (non-hydrogen) atoms. The maximum absolute atomic E-state index is 12.0. The fourth-order valence-electron chi connectivity index (χ4n) is 1.82. The smallest absolute Gasteiger partial charge is 0.371 e. The third-order valence-corrected chi connectivity index (χ3v) is 2.97. The van der Waals surface area contributed by atoms with E-state index in [2.05, 4.69) is 5.32 Å². The number of hydrogen-bond donors (Lipinski definition) is 2. The highest BCUT2D eigenvalue weighted by molar-refractivity contribution is 5.94. The largest absolute Gasteiger partial charge is 0.496 e. The number of ether oxygens (including phenoxy) is 1. The van der Waals surface area contributed by atoms with Gasteiger partial charge < -0.3 is 19.6 Å². The molecule has 0 saturated carbocycles. The van der Waals surface area contributed by atoms with Crippen molar-refractivity contribution in [3.05, 3.63) is 53.0 Å². The number of carbonyl (C=O) groups is 2. The normalized spacial score (nSPS) is 10.2. The van der Waals surface area contributed by atoms with E-state index in [1.165, 1.54) is 12.1 Å². The van der Waals surface area contributed by atoms with Gasteiger partial charge in [-0.1, -0.05) is 6.07 Å².